The molecular formula is C14H15ClFNOS. The Hall–Kier alpha value is -1.10. The van der Waals surface area contributed by atoms with E-state index in [0.29, 0.717) is 0 Å². The molecule has 19 heavy (non-hydrogen) atoms. The molecule has 0 fully saturated rings. The topological polar surface area (TPSA) is 21.3 Å². The van der Waals surface area contributed by atoms with Crippen molar-refractivity contribution < 1.29 is 9.13 Å². The summed E-state index contributed by atoms with van der Waals surface area (Å²) in [5.41, 5.74) is 0.991. The Balaban J connectivity index is 2.21. The lowest BCUT2D eigenvalue weighted by Crippen LogP contribution is -2.18. The molecule has 2 rings (SSSR count). The van der Waals surface area contributed by atoms with Crippen LogP contribution in [0, 0.1) is 5.82 Å². The summed E-state index contributed by atoms with van der Waals surface area (Å²) in [6.07, 6.45) is 0.808. The minimum absolute atomic E-state index is 0.101. The molecule has 0 saturated heterocycles. The number of nitrogens with one attached hydrogen (secondary N) is 1. The second-order valence-corrected chi connectivity index (χ2v) is 5.94. The number of methoxy groups -OCH3 is 1. The van der Waals surface area contributed by atoms with Gasteiger partial charge in [-0.2, -0.15) is 0 Å². The van der Waals surface area contributed by atoms with Crippen molar-refractivity contribution in [2.75, 3.05) is 14.2 Å². The van der Waals surface area contributed by atoms with Crippen molar-refractivity contribution in [3.63, 3.8) is 0 Å². The standard InChI is InChI=1S/C14H15ClFNOS/c1-17-12(8-10-4-6-14(15)19-10)9-3-5-11(16)13(7-9)18-2/h3-7,12,17H,8H2,1-2H3. The summed E-state index contributed by atoms with van der Waals surface area (Å²) < 4.78 is 19.2. The second-order valence-electron chi connectivity index (χ2n) is 4.15. The zero-order chi connectivity index (χ0) is 13.8. The molecule has 2 nitrogen and oxygen atoms in total. The summed E-state index contributed by atoms with van der Waals surface area (Å²) in [7, 11) is 3.35. The van der Waals surface area contributed by atoms with Crippen LogP contribution in [-0.4, -0.2) is 14.2 Å². The molecule has 0 aliphatic rings. The maximum Gasteiger partial charge on any atom is 0.165 e. The average Bonchev–Trinajstić information content (AvgIpc) is 2.82. The molecule has 1 N–H and O–H groups in total. The maximum absolute atomic E-state index is 13.4. The third kappa shape index (κ3) is 3.47. The van der Waals surface area contributed by atoms with E-state index in [4.69, 9.17) is 16.3 Å². The van der Waals surface area contributed by atoms with Gasteiger partial charge in [0.1, 0.15) is 0 Å². The van der Waals surface area contributed by atoms with Gasteiger partial charge in [-0.25, -0.2) is 4.39 Å². The molecule has 0 amide bonds. The van der Waals surface area contributed by atoms with Crippen molar-refractivity contribution in [3.8, 4) is 5.75 Å². The molecule has 2 aromatic rings. The van der Waals surface area contributed by atoms with Gasteiger partial charge in [-0.05, 0) is 36.9 Å². The van der Waals surface area contributed by atoms with Crippen LogP contribution < -0.4 is 10.1 Å². The molecular weight excluding hydrogens is 285 g/mol. The summed E-state index contributed by atoms with van der Waals surface area (Å²) in [4.78, 5) is 1.19. The van der Waals surface area contributed by atoms with Crippen molar-refractivity contribution >= 4 is 22.9 Å². The smallest absolute Gasteiger partial charge is 0.165 e. The Morgan fingerprint density at radius 2 is 2.16 bits per heavy atom. The molecule has 1 unspecified atom stereocenters. The van der Waals surface area contributed by atoms with E-state index >= 15 is 0 Å². The maximum atomic E-state index is 13.4. The SMILES string of the molecule is CNC(Cc1ccc(Cl)s1)c1ccc(F)c(OC)c1. The number of thiophene rings is 1. The van der Waals surface area contributed by atoms with E-state index in [1.807, 2.05) is 19.2 Å². The summed E-state index contributed by atoms with van der Waals surface area (Å²) in [5.74, 6) is -0.0813. The van der Waals surface area contributed by atoms with Gasteiger partial charge in [0.05, 0.1) is 11.4 Å². The van der Waals surface area contributed by atoms with Crippen LogP contribution in [0.5, 0.6) is 5.75 Å². The Morgan fingerprint density at radius 1 is 1.37 bits per heavy atom. The van der Waals surface area contributed by atoms with Gasteiger partial charge in [0.2, 0.25) is 0 Å². The van der Waals surface area contributed by atoms with Gasteiger partial charge in [-0.3, -0.25) is 0 Å². The molecule has 0 aliphatic heterocycles. The fraction of sp³-hybridized carbons (Fsp3) is 0.286. The van der Waals surface area contributed by atoms with Gasteiger partial charge in [-0.1, -0.05) is 17.7 Å². The van der Waals surface area contributed by atoms with Crippen LogP contribution in [0.1, 0.15) is 16.5 Å². The molecule has 1 heterocycles. The van der Waals surface area contributed by atoms with Gasteiger partial charge in [-0.15, -0.1) is 11.3 Å². The van der Waals surface area contributed by atoms with Crippen LogP contribution in [0.4, 0.5) is 4.39 Å². The number of halogens is 2. The largest absolute Gasteiger partial charge is 0.494 e. The van der Waals surface area contributed by atoms with Crippen molar-refractivity contribution in [2.24, 2.45) is 0 Å². The van der Waals surface area contributed by atoms with Crippen molar-refractivity contribution in [3.05, 3.63) is 50.9 Å². The van der Waals surface area contributed by atoms with Crippen LogP contribution >= 0.6 is 22.9 Å². The Morgan fingerprint density at radius 3 is 2.74 bits per heavy atom. The van der Waals surface area contributed by atoms with Crippen LogP contribution in [-0.2, 0) is 6.42 Å². The lowest BCUT2D eigenvalue weighted by molar-refractivity contribution is 0.385. The van der Waals surface area contributed by atoms with Crippen LogP contribution in [0.2, 0.25) is 4.34 Å². The molecule has 0 radical (unpaired) electrons. The first-order chi connectivity index (χ1) is 9.13. The normalized spacial score (nSPS) is 12.4. The Kier molecular flexibility index (Phi) is 4.80. The number of hydrogen-bond donors (Lipinski definition) is 1. The highest BCUT2D eigenvalue weighted by molar-refractivity contribution is 7.16. The van der Waals surface area contributed by atoms with Crippen LogP contribution in [0.15, 0.2) is 30.3 Å². The summed E-state index contributed by atoms with van der Waals surface area (Å²) >= 11 is 7.49. The highest BCUT2D eigenvalue weighted by Crippen LogP contribution is 2.28. The number of benzene rings is 1. The van der Waals surface area contributed by atoms with Crippen molar-refractivity contribution in [2.45, 2.75) is 12.5 Å². The minimum atomic E-state index is -0.347. The summed E-state index contributed by atoms with van der Waals surface area (Å²) in [6, 6.07) is 8.93. The predicted molar refractivity (Wildman–Crippen MR) is 77.8 cm³/mol. The summed E-state index contributed by atoms with van der Waals surface area (Å²) in [5, 5.41) is 3.23. The van der Waals surface area contributed by atoms with E-state index in [-0.39, 0.29) is 17.6 Å². The number of ether oxygens (including phenoxy) is 1. The second kappa shape index (κ2) is 6.37. The fourth-order valence-corrected chi connectivity index (χ4v) is 3.08. The molecule has 1 atom stereocenters. The third-order valence-electron chi connectivity index (χ3n) is 2.96. The predicted octanol–water partition coefficient (Wildman–Crippen LogP) is 4.05. The molecule has 0 bridgehead atoms. The number of rotatable bonds is 5. The molecule has 1 aromatic heterocycles. The molecule has 0 aliphatic carbocycles. The van der Waals surface area contributed by atoms with Crippen LogP contribution in [0.25, 0.3) is 0 Å². The van der Waals surface area contributed by atoms with E-state index in [9.17, 15) is 4.39 Å². The van der Waals surface area contributed by atoms with E-state index in [0.717, 1.165) is 16.3 Å². The number of likely N-dealkylation sites (N-methyl/N-ethyl adjacent to an activating group) is 1. The first kappa shape index (κ1) is 14.3. The van der Waals surface area contributed by atoms with Crippen molar-refractivity contribution in [1.82, 2.24) is 5.32 Å². The molecule has 0 saturated carbocycles. The van der Waals surface area contributed by atoms with E-state index < -0.39 is 0 Å². The molecule has 1 aromatic carbocycles. The third-order valence-corrected chi connectivity index (χ3v) is 4.21. The lowest BCUT2D eigenvalue weighted by Gasteiger charge is -2.16. The zero-order valence-corrected chi connectivity index (χ0v) is 12.3. The van der Waals surface area contributed by atoms with Gasteiger partial charge in [0.25, 0.3) is 0 Å². The number of hydrogen-bond acceptors (Lipinski definition) is 3. The average molecular weight is 300 g/mol. The zero-order valence-electron chi connectivity index (χ0n) is 10.7. The Labute approximate surface area is 121 Å². The lowest BCUT2D eigenvalue weighted by atomic mass is 10.0. The fourth-order valence-electron chi connectivity index (χ4n) is 1.94. The quantitative estimate of drug-likeness (QED) is 0.899. The van der Waals surface area contributed by atoms with E-state index in [1.165, 1.54) is 18.1 Å². The minimum Gasteiger partial charge on any atom is -0.494 e. The highest BCUT2D eigenvalue weighted by Gasteiger charge is 2.14. The van der Waals surface area contributed by atoms with Crippen molar-refractivity contribution in [1.29, 1.82) is 0 Å². The molecule has 0 spiro atoms. The monoisotopic (exact) mass is 299 g/mol. The molecule has 102 valence electrons. The highest BCUT2D eigenvalue weighted by atomic mass is 35.5. The Bertz CT molecular complexity index is 558. The first-order valence-electron chi connectivity index (χ1n) is 5.89. The van der Waals surface area contributed by atoms with Gasteiger partial charge in [0.15, 0.2) is 11.6 Å². The summed E-state index contributed by atoms with van der Waals surface area (Å²) in [6.45, 7) is 0. The van der Waals surface area contributed by atoms with Gasteiger partial charge in [0, 0.05) is 17.3 Å². The van der Waals surface area contributed by atoms with Gasteiger partial charge >= 0.3 is 0 Å². The van der Waals surface area contributed by atoms with Gasteiger partial charge < -0.3 is 10.1 Å². The molecule has 5 heteroatoms. The van der Waals surface area contributed by atoms with E-state index in [2.05, 4.69) is 5.32 Å². The first-order valence-corrected chi connectivity index (χ1v) is 7.08. The van der Waals surface area contributed by atoms with Crippen LogP contribution in [0.3, 0.4) is 0 Å². The van der Waals surface area contributed by atoms with E-state index in [1.54, 1.807) is 23.5 Å².